The van der Waals surface area contributed by atoms with Gasteiger partial charge >= 0.3 is 0 Å². The van der Waals surface area contributed by atoms with Crippen LogP contribution in [0.3, 0.4) is 0 Å². The fourth-order valence-electron chi connectivity index (χ4n) is 3.68. The van der Waals surface area contributed by atoms with Gasteiger partial charge in [-0.15, -0.1) is 0 Å². The van der Waals surface area contributed by atoms with Gasteiger partial charge in [0.1, 0.15) is 12.4 Å². The maximum absolute atomic E-state index is 13.0. The lowest BCUT2D eigenvalue weighted by Gasteiger charge is -2.20. The molecule has 0 aliphatic carbocycles. The van der Waals surface area contributed by atoms with Crippen LogP contribution >= 0.6 is 0 Å². The van der Waals surface area contributed by atoms with Gasteiger partial charge in [0, 0.05) is 38.9 Å². The predicted octanol–water partition coefficient (Wildman–Crippen LogP) is 2.67. The molecule has 0 spiro atoms. The number of methoxy groups -OCH3 is 1. The van der Waals surface area contributed by atoms with Gasteiger partial charge in [0.2, 0.25) is 15.9 Å². The number of sulfonamides is 1. The summed E-state index contributed by atoms with van der Waals surface area (Å²) in [6.07, 6.45) is 3.69. The molecule has 0 saturated heterocycles. The molecule has 35 heavy (non-hydrogen) atoms. The second-order valence-electron chi connectivity index (χ2n) is 8.37. The van der Waals surface area contributed by atoms with E-state index in [9.17, 15) is 13.2 Å². The Balaban J connectivity index is 1.43. The maximum atomic E-state index is 13.0. The number of hydrogen-bond acceptors (Lipinski definition) is 6. The standard InChI is InChI=1S/C25H32N4O5S/c1-18-12-22(33-5)13-19(2)25(18)35(31,32)29(4)10-11-34-16-24(30)26-14-20-6-8-21(9-7-20)23-15-28(3)17-27-23/h6-9,12-13,15,17H,10-11,14,16H2,1-5H3,(H,26,30). The minimum atomic E-state index is -3.70. The Hall–Kier alpha value is -3.21. The Morgan fingerprint density at radius 1 is 1.14 bits per heavy atom. The first-order valence-electron chi connectivity index (χ1n) is 11.1. The van der Waals surface area contributed by atoms with Crippen molar-refractivity contribution in [2.24, 2.45) is 7.05 Å². The van der Waals surface area contributed by atoms with Crippen molar-refractivity contribution in [1.82, 2.24) is 19.2 Å². The second kappa shape index (κ2) is 11.5. The largest absolute Gasteiger partial charge is 0.497 e. The van der Waals surface area contributed by atoms with Gasteiger partial charge in [0.05, 0.1) is 30.6 Å². The van der Waals surface area contributed by atoms with E-state index < -0.39 is 10.0 Å². The lowest BCUT2D eigenvalue weighted by molar-refractivity contribution is -0.125. The van der Waals surface area contributed by atoms with E-state index in [0.29, 0.717) is 23.4 Å². The summed E-state index contributed by atoms with van der Waals surface area (Å²) < 4.78 is 39.8. The zero-order chi connectivity index (χ0) is 25.6. The number of nitrogens with zero attached hydrogens (tertiary/aromatic N) is 3. The van der Waals surface area contributed by atoms with E-state index in [4.69, 9.17) is 9.47 Å². The van der Waals surface area contributed by atoms with E-state index in [1.807, 2.05) is 42.1 Å². The Morgan fingerprint density at radius 2 is 1.80 bits per heavy atom. The van der Waals surface area contributed by atoms with Gasteiger partial charge in [-0.05, 0) is 42.7 Å². The van der Waals surface area contributed by atoms with Gasteiger partial charge in [-0.3, -0.25) is 4.79 Å². The van der Waals surface area contributed by atoms with Crippen molar-refractivity contribution in [3.05, 3.63) is 65.6 Å². The summed E-state index contributed by atoms with van der Waals surface area (Å²) in [5.41, 5.74) is 4.07. The number of imidazole rings is 1. The van der Waals surface area contributed by atoms with Crippen molar-refractivity contribution in [3.8, 4) is 17.0 Å². The molecular formula is C25H32N4O5S. The molecule has 1 N–H and O–H groups in total. The molecule has 0 bridgehead atoms. The van der Waals surface area contributed by atoms with E-state index >= 15 is 0 Å². The molecule has 0 radical (unpaired) electrons. The van der Waals surface area contributed by atoms with Gasteiger partial charge in [-0.1, -0.05) is 24.3 Å². The molecule has 10 heteroatoms. The van der Waals surface area contributed by atoms with E-state index in [1.165, 1.54) is 11.4 Å². The number of rotatable bonds is 11. The van der Waals surface area contributed by atoms with Crippen LogP contribution < -0.4 is 10.1 Å². The first-order valence-corrected chi connectivity index (χ1v) is 12.6. The summed E-state index contributed by atoms with van der Waals surface area (Å²) in [5, 5.41) is 2.80. The van der Waals surface area contributed by atoms with Crippen LogP contribution in [0.15, 0.2) is 53.8 Å². The molecular weight excluding hydrogens is 468 g/mol. The Morgan fingerprint density at radius 3 is 2.37 bits per heavy atom. The van der Waals surface area contributed by atoms with Gasteiger partial charge in [-0.2, -0.15) is 4.31 Å². The van der Waals surface area contributed by atoms with E-state index in [2.05, 4.69) is 10.3 Å². The highest BCUT2D eigenvalue weighted by Crippen LogP contribution is 2.27. The van der Waals surface area contributed by atoms with Crippen molar-refractivity contribution in [2.75, 3.05) is 33.9 Å². The van der Waals surface area contributed by atoms with Crippen molar-refractivity contribution in [3.63, 3.8) is 0 Å². The minimum Gasteiger partial charge on any atom is -0.497 e. The molecule has 0 aliphatic rings. The van der Waals surface area contributed by atoms with Crippen molar-refractivity contribution < 1.29 is 22.7 Å². The quantitative estimate of drug-likeness (QED) is 0.406. The fraction of sp³-hybridized carbons (Fsp3) is 0.360. The molecule has 1 amide bonds. The number of hydrogen-bond donors (Lipinski definition) is 1. The number of carbonyl (C=O) groups is 1. The molecule has 2 aromatic carbocycles. The van der Waals surface area contributed by atoms with Crippen LogP contribution in [-0.4, -0.2) is 62.1 Å². The molecule has 3 rings (SSSR count). The third kappa shape index (κ3) is 6.68. The minimum absolute atomic E-state index is 0.0934. The van der Waals surface area contributed by atoms with Crippen molar-refractivity contribution in [1.29, 1.82) is 0 Å². The van der Waals surface area contributed by atoms with Crippen molar-refractivity contribution >= 4 is 15.9 Å². The number of amides is 1. The summed E-state index contributed by atoms with van der Waals surface area (Å²) in [7, 11) is 1.26. The third-order valence-corrected chi connectivity index (χ3v) is 7.73. The number of nitrogens with one attached hydrogen (secondary N) is 1. The van der Waals surface area contributed by atoms with E-state index in [1.54, 1.807) is 39.4 Å². The third-order valence-electron chi connectivity index (χ3n) is 5.57. The van der Waals surface area contributed by atoms with Crippen LogP contribution in [0.4, 0.5) is 0 Å². The molecule has 188 valence electrons. The molecule has 1 heterocycles. The Labute approximate surface area is 206 Å². The van der Waals surface area contributed by atoms with Gasteiger partial charge in [0.25, 0.3) is 0 Å². The molecule has 0 aliphatic heterocycles. The lowest BCUT2D eigenvalue weighted by atomic mass is 10.1. The average molecular weight is 501 g/mol. The topological polar surface area (TPSA) is 103 Å². The molecule has 0 saturated carbocycles. The zero-order valence-electron chi connectivity index (χ0n) is 20.7. The highest BCUT2D eigenvalue weighted by atomic mass is 32.2. The van der Waals surface area contributed by atoms with Crippen molar-refractivity contribution in [2.45, 2.75) is 25.3 Å². The van der Waals surface area contributed by atoms with Crippen LogP contribution in [-0.2, 0) is 33.1 Å². The number of benzene rings is 2. The molecule has 3 aromatic rings. The molecule has 0 unspecified atom stereocenters. The summed E-state index contributed by atoms with van der Waals surface area (Å²) in [6, 6.07) is 11.2. The number of carbonyl (C=O) groups excluding carboxylic acids is 1. The average Bonchev–Trinajstić information content (AvgIpc) is 3.26. The fourth-order valence-corrected chi connectivity index (χ4v) is 5.23. The second-order valence-corrected chi connectivity index (χ2v) is 10.3. The van der Waals surface area contributed by atoms with Crippen LogP contribution in [0, 0.1) is 13.8 Å². The SMILES string of the molecule is COc1cc(C)c(S(=O)(=O)N(C)CCOCC(=O)NCc2ccc(-c3cn(C)cn3)cc2)c(C)c1. The normalized spacial score (nSPS) is 11.6. The van der Waals surface area contributed by atoms with Crippen LogP contribution in [0.1, 0.15) is 16.7 Å². The monoisotopic (exact) mass is 500 g/mol. The van der Waals surface area contributed by atoms with Gasteiger partial charge < -0.3 is 19.4 Å². The number of aromatic nitrogens is 2. The number of likely N-dealkylation sites (N-methyl/N-ethyl adjacent to an activating group) is 1. The summed E-state index contributed by atoms with van der Waals surface area (Å²) in [5.74, 6) is 0.339. The highest BCUT2D eigenvalue weighted by molar-refractivity contribution is 7.89. The van der Waals surface area contributed by atoms with E-state index in [0.717, 1.165) is 16.8 Å². The number of aryl methyl sites for hydroxylation is 3. The summed E-state index contributed by atoms with van der Waals surface area (Å²) in [4.78, 5) is 16.7. The van der Waals surface area contributed by atoms with Crippen LogP contribution in [0.25, 0.3) is 11.3 Å². The molecule has 9 nitrogen and oxygen atoms in total. The molecule has 0 atom stereocenters. The summed E-state index contributed by atoms with van der Waals surface area (Å²) in [6.45, 7) is 3.91. The van der Waals surface area contributed by atoms with Gasteiger partial charge in [-0.25, -0.2) is 13.4 Å². The van der Waals surface area contributed by atoms with Crippen LogP contribution in [0.5, 0.6) is 5.75 Å². The highest BCUT2D eigenvalue weighted by Gasteiger charge is 2.25. The first-order chi connectivity index (χ1) is 16.6. The lowest BCUT2D eigenvalue weighted by Crippen LogP contribution is -2.33. The predicted molar refractivity (Wildman–Crippen MR) is 134 cm³/mol. The van der Waals surface area contributed by atoms with Crippen LogP contribution in [0.2, 0.25) is 0 Å². The first kappa shape index (κ1) is 26.4. The number of ether oxygens (including phenoxy) is 2. The zero-order valence-corrected chi connectivity index (χ0v) is 21.6. The van der Waals surface area contributed by atoms with E-state index in [-0.39, 0.29) is 30.6 Å². The van der Waals surface area contributed by atoms with Gasteiger partial charge in [0.15, 0.2) is 0 Å². The molecule has 0 fully saturated rings. The summed E-state index contributed by atoms with van der Waals surface area (Å²) >= 11 is 0. The smallest absolute Gasteiger partial charge is 0.246 e. The molecule has 1 aromatic heterocycles. The Bertz CT molecular complexity index is 1250. The maximum Gasteiger partial charge on any atom is 0.246 e. The Kier molecular flexibility index (Phi) is 8.66.